The monoisotopic (exact) mass is 315 g/mol. The Morgan fingerprint density at radius 2 is 2.07 bits per heavy atom. The van der Waals surface area contributed by atoms with Crippen molar-refractivity contribution in [1.29, 1.82) is 0 Å². The van der Waals surface area contributed by atoms with E-state index in [0.717, 1.165) is 6.54 Å². The van der Waals surface area contributed by atoms with Gasteiger partial charge in [-0.05, 0) is 57.1 Å². The molecule has 0 aliphatic heterocycles. The second-order valence-electron chi connectivity index (χ2n) is 2.96. The minimum atomic E-state index is 0.906. The van der Waals surface area contributed by atoms with Crippen LogP contribution in [0.1, 0.15) is 5.56 Å². The van der Waals surface area contributed by atoms with Crippen molar-refractivity contribution in [2.75, 3.05) is 5.32 Å². The Labute approximate surface area is 101 Å². The summed E-state index contributed by atoms with van der Waals surface area (Å²) in [5.74, 6) is 0. The first kappa shape index (κ1) is 9.98. The van der Waals surface area contributed by atoms with Gasteiger partial charge in [0.2, 0.25) is 0 Å². The van der Waals surface area contributed by atoms with E-state index in [9.17, 15) is 0 Å². The summed E-state index contributed by atoms with van der Waals surface area (Å²) in [4.78, 5) is 0. The zero-order chi connectivity index (χ0) is 9.80. The molecule has 0 unspecified atom stereocenters. The predicted octanol–water partition coefficient (Wildman–Crippen LogP) is 3.96. The van der Waals surface area contributed by atoms with Crippen molar-refractivity contribution < 1.29 is 0 Å². The summed E-state index contributed by atoms with van der Waals surface area (Å²) in [5.41, 5.74) is 2.55. The molecule has 72 valence electrons. The van der Waals surface area contributed by atoms with Gasteiger partial charge >= 0.3 is 0 Å². The lowest BCUT2D eigenvalue weighted by Crippen LogP contribution is -1.99. The van der Waals surface area contributed by atoms with E-state index in [1.807, 2.05) is 0 Å². The fourth-order valence-corrected chi connectivity index (χ4v) is 2.44. The average Bonchev–Trinajstić information content (AvgIpc) is 2.69. The zero-order valence-corrected chi connectivity index (χ0v) is 10.5. The van der Waals surface area contributed by atoms with Crippen molar-refractivity contribution in [3.63, 3.8) is 0 Å². The second-order valence-corrected chi connectivity index (χ2v) is 4.91. The van der Waals surface area contributed by atoms with Gasteiger partial charge in [-0.3, -0.25) is 0 Å². The quantitative estimate of drug-likeness (QED) is 0.845. The number of anilines is 1. The molecule has 3 heteroatoms. The Bertz CT molecular complexity index is 397. The maximum Gasteiger partial charge on any atom is 0.0478 e. The van der Waals surface area contributed by atoms with Crippen molar-refractivity contribution >= 4 is 39.6 Å². The van der Waals surface area contributed by atoms with Gasteiger partial charge in [0.15, 0.2) is 0 Å². The number of thiophene rings is 1. The number of halogens is 1. The van der Waals surface area contributed by atoms with Gasteiger partial charge in [-0.1, -0.05) is 12.1 Å². The number of rotatable bonds is 3. The van der Waals surface area contributed by atoms with E-state index < -0.39 is 0 Å². The van der Waals surface area contributed by atoms with Crippen LogP contribution in [-0.4, -0.2) is 0 Å². The molecule has 1 nitrogen and oxygen atoms in total. The summed E-state index contributed by atoms with van der Waals surface area (Å²) in [6.45, 7) is 0.906. The fraction of sp³-hybridized carbons (Fsp3) is 0.0909. The van der Waals surface area contributed by atoms with Crippen LogP contribution in [0.15, 0.2) is 41.1 Å². The van der Waals surface area contributed by atoms with Crippen molar-refractivity contribution in [3.05, 3.63) is 50.2 Å². The highest BCUT2D eigenvalue weighted by Crippen LogP contribution is 2.18. The zero-order valence-electron chi connectivity index (χ0n) is 7.53. The molecule has 1 N–H and O–H groups in total. The molecular formula is C11H10INS. The van der Waals surface area contributed by atoms with E-state index >= 15 is 0 Å². The van der Waals surface area contributed by atoms with Gasteiger partial charge in [0.1, 0.15) is 0 Å². The summed E-state index contributed by atoms with van der Waals surface area (Å²) >= 11 is 4.08. The maximum absolute atomic E-state index is 3.41. The first-order chi connectivity index (χ1) is 6.86. The van der Waals surface area contributed by atoms with Crippen LogP contribution in [0.5, 0.6) is 0 Å². The molecule has 2 rings (SSSR count). The lowest BCUT2D eigenvalue weighted by Gasteiger charge is -2.06. The van der Waals surface area contributed by atoms with E-state index in [0.29, 0.717) is 0 Å². The van der Waals surface area contributed by atoms with Gasteiger partial charge in [-0.2, -0.15) is 11.3 Å². The molecule has 0 bridgehead atoms. The SMILES string of the molecule is Ic1ccccc1NCc1ccsc1. The topological polar surface area (TPSA) is 12.0 Å². The number of hydrogen-bond donors (Lipinski definition) is 1. The molecule has 0 saturated heterocycles. The molecule has 0 aliphatic carbocycles. The number of para-hydroxylation sites is 1. The summed E-state index contributed by atoms with van der Waals surface area (Å²) in [6.07, 6.45) is 0. The van der Waals surface area contributed by atoms with Crippen LogP contribution in [0.25, 0.3) is 0 Å². The Morgan fingerprint density at radius 3 is 2.79 bits per heavy atom. The molecule has 1 heterocycles. The molecule has 0 aliphatic rings. The molecular weight excluding hydrogens is 305 g/mol. The normalized spacial score (nSPS) is 10.1. The highest BCUT2D eigenvalue weighted by atomic mass is 127. The summed E-state index contributed by atoms with van der Waals surface area (Å²) < 4.78 is 1.26. The van der Waals surface area contributed by atoms with Gasteiger partial charge in [-0.15, -0.1) is 0 Å². The van der Waals surface area contributed by atoms with Crippen LogP contribution in [0.2, 0.25) is 0 Å². The van der Waals surface area contributed by atoms with Gasteiger partial charge in [0.05, 0.1) is 0 Å². The third kappa shape index (κ3) is 2.48. The summed E-state index contributed by atoms with van der Waals surface area (Å²) in [5, 5.41) is 7.69. The molecule has 1 aromatic heterocycles. The Balaban J connectivity index is 2.02. The lowest BCUT2D eigenvalue weighted by atomic mass is 10.3. The fourth-order valence-electron chi connectivity index (χ4n) is 1.20. The summed E-state index contributed by atoms with van der Waals surface area (Å²) in [6, 6.07) is 10.5. The molecule has 2 aromatic rings. The van der Waals surface area contributed by atoms with Gasteiger partial charge < -0.3 is 5.32 Å². The maximum atomic E-state index is 3.41. The van der Waals surface area contributed by atoms with Crippen LogP contribution in [-0.2, 0) is 6.54 Å². The van der Waals surface area contributed by atoms with Crippen molar-refractivity contribution in [3.8, 4) is 0 Å². The van der Waals surface area contributed by atoms with E-state index in [4.69, 9.17) is 0 Å². The standard InChI is InChI=1S/C11H10INS/c12-10-3-1-2-4-11(10)13-7-9-5-6-14-8-9/h1-6,8,13H,7H2. The largest absolute Gasteiger partial charge is 0.380 e. The highest BCUT2D eigenvalue weighted by Gasteiger charge is 1.97. The first-order valence-corrected chi connectivity index (χ1v) is 6.38. The van der Waals surface area contributed by atoms with E-state index in [-0.39, 0.29) is 0 Å². The third-order valence-electron chi connectivity index (χ3n) is 1.94. The van der Waals surface area contributed by atoms with Crippen molar-refractivity contribution in [2.45, 2.75) is 6.54 Å². The third-order valence-corrected chi connectivity index (χ3v) is 3.61. The molecule has 1 aromatic carbocycles. The number of nitrogens with one attached hydrogen (secondary N) is 1. The van der Waals surface area contributed by atoms with Gasteiger partial charge in [0, 0.05) is 15.8 Å². The van der Waals surface area contributed by atoms with Crippen LogP contribution in [0.4, 0.5) is 5.69 Å². The minimum Gasteiger partial charge on any atom is -0.380 e. The number of hydrogen-bond acceptors (Lipinski definition) is 2. The van der Waals surface area contributed by atoms with E-state index in [2.05, 4.69) is 69.0 Å². The molecule has 0 spiro atoms. The smallest absolute Gasteiger partial charge is 0.0478 e. The summed E-state index contributed by atoms with van der Waals surface area (Å²) in [7, 11) is 0. The predicted molar refractivity (Wildman–Crippen MR) is 70.8 cm³/mol. The van der Waals surface area contributed by atoms with Crippen LogP contribution in [0, 0.1) is 3.57 Å². The van der Waals surface area contributed by atoms with Crippen molar-refractivity contribution in [1.82, 2.24) is 0 Å². The molecule has 0 atom stereocenters. The van der Waals surface area contributed by atoms with Crippen LogP contribution in [0.3, 0.4) is 0 Å². The van der Waals surface area contributed by atoms with Gasteiger partial charge in [0.25, 0.3) is 0 Å². The average molecular weight is 315 g/mol. The van der Waals surface area contributed by atoms with Crippen molar-refractivity contribution in [2.24, 2.45) is 0 Å². The highest BCUT2D eigenvalue weighted by molar-refractivity contribution is 14.1. The lowest BCUT2D eigenvalue weighted by molar-refractivity contribution is 1.16. The van der Waals surface area contributed by atoms with Crippen LogP contribution >= 0.6 is 33.9 Å². The number of benzene rings is 1. The molecule has 14 heavy (non-hydrogen) atoms. The molecule has 0 fully saturated rings. The molecule has 0 saturated carbocycles. The Kier molecular flexibility index (Phi) is 3.42. The van der Waals surface area contributed by atoms with E-state index in [1.165, 1.54) is 14.8 Å². The van der Waals surface area contributed by atoms with E-state index in [1.54, 1.807) is 11.3 Å². The second kappa shape index (κ2) is 4.79. The minimum absolute atomic E-state index is 0.906. The van der Waals surface area contributed by atoms with Gasteiger partial charge in [-0.25, -0.2) is 0 Å². The first-order valence-electron chi connectivity index (χ1n) is 4.36. The molecule has 0 radical (unpaired) electrons. The Hall–Kier alpha value is -0.550. The Morgan fingerprint density at radius 1 is 1.21 bits per heavy atom. The molecule has 0 amide bonds. The van der Waals surface area contributed by atoms with Crippen LogP contribution < -0.4 is 5.32 Å².